The van der Waals surface area contributed by atoms with E-state index in [1.165, 1.54) is 30.2 Å². The van der Waals surface area contributed by atoms with Gasteiger partial charge in [-0.25, -0.2) is 18.7 Å². The van der Waals surface area contributed by atoms with Crippen molar-refractivity contribution < 1.29 is 13.3 Å². The van der Waals surface area contributed by atoms with Gasteiger partial charge in [0, 0.05) is 46.0 Å². The van der Waals surface area contributed by atoms with Gasteiger partial charge in [0.2, 0.25) is 0 Å². The van der Waals surface area contributed by atoms with Crippen molar-refractivity contribution in [3.8, 4) is 11.1 Å². The maximum atomic E-state index is 15.0. The minimum atomic E-state index is -0.992. The van der Waals surface area contributed by atoms with E-state index in [1.807, 2.05) is 13.8 Å². The van der Waals surface area contributed by atoms with Crippen molar-refractivity contribution in [2.45, 2.75) is 44.9 Å². The Balaban J connectivity index is 1.81. The Hall–Kier alpha value is -2.81. The molecule has 156 valence electrons. The summed E-state index contributed by atoms with van der Waals surface area (Å²) in [6.45, 7) is 7.24. The standard InChI is InChI=1S/C21H21F2N5OS/c1-10-19(11(2)29-28-10)18-7-21(4,27-20(24)30-18)15-5-14(16(22)6-17(15)23)13-8-25-12(3)26-9-13/h5-6,8-9,18H,7H2,1-4H3,(H2,24,27)/t18-,21-/m0/s1. The second kappa shape index (κ2) is 7.46. The van der Waals surface area contributed by atoms with Crippen molar-refractivity contribution in [3.63, 3.8) is 0 Å². The van der Waals surface area contributed by atoms with Crippen LogP contribution in [0, 0.1) is 32.4 Å². The van der Waals surface area contributed by atoms with Crippen LogP contribution in [0.3, 0.4) is 0 Å². The molecule has 0 radical (unpaired) electrons. The molecule has 0 bridgehead atoms. The highest BCUT2D eigenvalue weighted by Gasteiger charge is 2.39. The van der Waals surface area contributed by atoms with Crippen LogP contribution in [0.5, 0.6) is 0 Å². The topological polar surface area (TPSA) is 90.2 Å². The Bertz CT molecular complexity index is 1130. The summed E-state index contributed by atoms with van der Waals surface area (Å²) in [4.78, 5) is 12.8. The fourth-order valence-electron chi connectivity index (χ4n) is 3.86. The molecule has 3 aromatic rings. The van der Waals surface area contributed by atoms with Crippen LogP contribution in [-0.2, 0) is 5.54 Å². The minimum absolute atomic E-state index is 0.116. The Morgan fingerprint density at radius 1 is 1.13 bits per heavy atom. The molecule has 30 heavy (non-hydrogen) atoms. The summed E-state index contributed by atoms with van der Waals surface area (Å²) in [5.74, 6) is -0.0963. The first-order valence-corrected chi connectivity index (χ1v) is 10.3. The number of hydrogen-bond donors (Lipinski definition) is 1. The third-order valence-electron chi connectivity index (χ3n) is 5.34. The van der Waals surface area contributed by atoms with Crippen LogP contribution in [0.1, 0.15) is 47.0 Å². The van der Waals surface area contributed by atoms with Gasteiger partial charge in [-0.05, 0) is 40.2 Å². The van der Waals surface area contributed by atoms with Crippen molar-refractivity contribution in [1.82, 2.24) is 15.1 Å². The maximum Gasteiger partial charge on any atom is 0.155 e. The number of hydrogen-bond acceptors (Lipinski definition) is 7. The number of amidine groups is 1. The van der Waals surface area contributed by atoms with E-state index in [9.17, 15) is 8.78 Å². The zero-order valence-electron chi connectivity index (χ0n) is 17.0. The number of aryl methyl sites for hydroxylation is 3. The van der Waals surface area contributed by atoms with Crippen LogP contribution < -0.4 is 5.73 Å². The van der Waals surface area contributed by atoms with Crippen molar-refractivity contribution in [3.05, 3.63) is 64.6 Å². The van der Waals surface area contributed by atoms with E-state index in [0.29, 0.717) is 28.7 Å². The molecule has 4 rings (SSSR count). The molecule has 0 unspecified atom stereocenters. The molecule has 0 fully saturated rings. The SMILES string of the molecule is Cc1ncc(-c2cc([C@]3(C)C[C@@H](c4c(C)noc4C)SC(N)=N3)c(F)cc2F)cn1. The first kappa shape index (κ1) is 20.5. The second-order valence-corrected chi connectivity index (χ2v) is 8.83. The molecule has 2 aromatic heterocycles. The zero-order chi connectivity index (χ0) is 21.6. The van der Waals surface area contributed by atoms with E-state index >= 15 is 0 Å². The van der Waals surface area contributed by atoms with Gasteiger partial charge in [0.05, 0.1) is 11.2 Å². The van der Waals surface area contributed by atoms with Crippen LogP contribution in [0.4, 0.5) is 8.78 Å². The summed E-state index contributed by atoms with van der Waals surface area (Å²) in [7, 11) is 0. The predicted molar refractivity (Wildman–Crippen MR) is 112 cm³/mol. The van der Waals surface area contributed by atoms with E-state index in [-0.39, 0.29) is 16.4 Å². The fourth-order valence-corrected chi connectivity index (χ4v) is 5.27. The molecule has 0 aliphatic carbocycles. The maximum absolute atomic E-state index is 15.0. The van der Waals surface area contributed by atoms with Crippen molar-refractivity contribution in [2.24, 2.45) is 10.7 Å². The van der Waals surface area contributed by atoms with Gasteiger partial charge in [-0.1, -0.05) is 16.9 Å². The van der Waals surface area contributed by atoms with E-state index in [1.54, 1.807) is 13.8 Å². The number of aliphatic imine (C=N–C) groups is 1. The molecule has 9 heteroatoms. The average molecular weight is 429 g/mol. The van der Waals surface area contributed by atoms with Crippen LogP contribution >= 0.6 is 11.8 Å². The molecule has 0 saturated carbocycles. The Labute approximate surface area is 177 Å². The van der Waals surface area contributed by atoms with Gasteiger partial charge in [-0.3, -0.25) is 4.99 Å². The second-order valence-electron chi connectivity index (χ2n) is 7.60. The summed E-state index contributed by atoms with van der Waals surface area (Å²) in [5, 5.41) is 4.24. The van der Waals surface area contributed by atoms with Gasteiger partial charge < -0.3 is 10.3 Å². The van der Waals surface area contributed by atoms with Gasteiger partial charge in [-0.2, -0.15) is 0 Å². The lowest BCUT2D eigenvalue weighted by Crippen LogP contribution is -2.31. The molecular formula is C21H21F2N5OS. The van der Waals surface area contributed by atoms with Crippen molar-refractivity contribution >= 4 is 16.9 Å². The van der Waals surface area contributed by atoms with Gasteiger partial charge in [-0.15, -0.1) is 0 Å². The highest BCUT2D eigenvalue weighted by atomic mass is 32.2. The Morgan fingerprint density at radius 3 is 2.47 bits per heavy atom. The summed E-state index contributed by atoms with van der Waals surface area (Å²) < 4.78 is 34.9. The van der Waals surface area contributed by atoms with Gasteiger partial charge in [0.15, 0.2) is 5.17 Å². The number of nitrogens with two attached hydrogens (primary N) is 1. The number of thioether (sulfide) groups is 1. The predicted octanol–water partition coefficient (Wildman–Crippen LogP) is 4.74. The highest BCUT2D eigenvalue weighted by molar-refractivity contribution is 8.14. The number of halogens is 2. The smallest absolute Gasteiger partial charge is 0.155 e. The van der Waals surface area contributed by atoms with Gasteiger partial charge in [0.25, 0.3) is 0 Å². The molecular weight excluding hydrogens is 408 g/mol. The van der Waals surface area contributed by atoms with Crippen LogP contribution in [0.15, 0.2) is 34.0 Å². The van der Waals surface area contributed by atoms with Crippen LogP contribution in [0.25, 0.3) is 11.1 Å². The zero-order valence-corrected chi connectivity index (χ0v) is 17.8. The average Bonchev–Trinajstić information content (AvgIpc) is 3.00. The van der Waals surface area contributed by atoms with E-state index in [0.717, 1.165) is 17.3 Å². The fraction of sp³-hybridized carbons (Fsp3) is 0.333. The molecule has 3 heterocycles. The largest absolute Gasteiger partial charge is 0.378 e. The monoisotopic (exact) mass is 429 g/mol. The Kier molecular flexibility index (Phi) is 5.09. The summed E-state index contributed by atoms with van der Waals surface area (Å²) in [6, 6.07) is 2.37. The lowest BCUT2D eigenvalue weighted by Gasteiger charge is -2.35. The molecule has 1 aliphatic heterocycles. The molecule has 0 amide bonds. The summed E-state index contributed by atoms with van der Waals surface area (Å²) in [6.07, 6.45) is 3.49. The molecule has 6 nitrogen and oxygen atoms in total. The number of nitrogens with zero attached hydrogens (tertiary/aromatic N) is 4. The number of benzene rings is 1. The first-order chi connectivity index (χ1) is 14.2. The molecule has 1 aliphatic rings. The van der Waals surface area contributed by atoms with E-state index < -0.39 is 17.2 Å². The third kappa shape index (κ3) is 3.58. The van der Waals surface area contributed by atoms with Crippen molar-refractivity contribution in [2.75, 3.05) is 0 Å². The summed E-state index contributed by atoms with van der Waals surface area (Å²) >= 11 is 1.39. The third-order valence-corrected chi connectivity index (χ3v) is 6.36. The van der Waals surface area contributed by atoms with Gasteiger partial charge in [0.1, 0.15) is 23.2 Å². The normalized spacial score (nSPS) is 21.5. The van der Waals surface area contributed by atoms with E-state index in [4.69, 9.17) is 10.3 Å². The van der Waals surface area contributed by atoms with Crippen LogP contribution in [0.2, 0.25) is 0 Å². The molecule has 2 atom stereocenters. The summed E-state index contributed by atoms with van der Waals surface area (Å²) in [5.41, 5.74) is 7.78. The molecule has 0 spiro atoms. The molecule has 0 saturated heterocycles. The lowest BCUT2D eigenvalue weighted by atomic mass is 9.84. The lowest BCUT2D eigenvalue weighted by molar-refractivity contribution is 0.389. The quantitative estimate of drug-likeness (QED) is 0.647. The van der Waals surface area contributed by atoms with Gasteiger partial charge >= 0.3 is 0 Å². The highest BCUT2D eigenvalue weighted by Crippen LogP contribution is 2.49. The molecule has 2 N–H and O–H groups in total. The minimum Gasteiger partial charge on any atom is -0.378 e. The first-order valence-electron chi connectivity index (χ1n) is 9.41. The number of aromatic nitrogens is 3. The Morgan fingerprint density at radius 2 is 1.83 bits per heavy atom. The molecule has 1 aromatic carbocycles. The number of rotatable bonds is 3. The van der Waals surface area contributed by atoms with Crippen molar-refractivity contribution in [1.29, 1.82) is 0 Å². The van der Waals surface area contributed by atoms with Crippen LogP contribution in [-0.4, -0.2) is 20.3 Å². The van der Waals surface area contributed by atoms with E-state index in [2.05, 4.69) is 20.1 Å².